The Kier molecular flexibility index (Phi) is 16.8. The summed E-state index contributed by atoms with van der Waals surface area (Å²) < 4.78 is 31.7. The number of carbonyl (C=O) groups is 1. The fourth-order valence-electron chi connectivity index (χ4n) is 5.67. The van der Waals surface area contributed by atoms with Crippen LogP contribution in [0.5, 0.6) is 0 Å². The molecule has 0 aromatic heterocycles. The molecule has 0 radical (unpaired) electrons. The lowest BCUT2D eigenvalue weighted by Gasteiger charge is -2.15. The number of aryl methyl sites for hydroxylation is 1. The van der Waals surface area contributed by atoms with Crippen molar-refractivity contribution in [1.29, 1.82) is 0 Å². The van der Waals surface area contributed by atoms with Gasteiger partial charge in [0.2, 0.25) is 0 Å². The van der Waals surface area contributed by atoms with Crippen LogP contribution >= 0.6 is 0 Å². The fourth-order valence-corrected chi connectivity index (χ4v) is 5.67. The summed E-state index contributed by atoms with van der Waals surface area (Å²) in [5.41, 5.74) is 2.02. The van der Waals surface area contributed by atoms with Crippen LogP contribution in [0.4, 0.5) is 8.78 Å². The molecule has 0 atom stereocenters. The maximum absolute atomic E-state index is 16.1. The van der Waals surface area contributed by atoms with Crippen LogP contribution in [0.2, 0.25) is 0 Å². The van der Waals surface area contributed by atoms with E-state index in [1.165, 1.54) is 82.8 Å². The van der Waals surface area contributed by atoms with Crippen LogP contribution in [-0.4, -0.2) is 12.6 Å². The quantitative estimate of drug-likeness (QED) is 0.0648. The Balaban J connectivity index is 1.65. The smallest absolute Gasteiger partial charge is 0.293 e. The van der Waals surface area contributed by atoms with E-state index < -0.39 is 17.6 Å². The zero-order chi connectivity index (χ0) is 31.4. The van der Waals surface area contributed by atoms with Gasteiger partial charge in [0, 0.05) is 11.1 Å². The van der Waals surface area contributed by atoms with Gasteiger partial charge in [-0.15, -0.1) is 0 Å². The highest BCUT2D eigenvalue weighted by atomic mass is 19.1. The highest BCUT2D eigenvalue weighted by Gasteiger charge is 2.24. The van der Waals surface area contributed by atoms with Gasteiger partial charge in [0.1, 0.15) is 11.6 Å². The largest absolute Gasteiger partial charge is 0.376 e. The van der Waals surface area contributed by atoms with Gasteiger partial charge in [-0.25, -0.2) is 13.6 Å². The zero-order valence-electron chi connectivity index (χ0n) is 27.0. The molecule has 0 unspecified atom stereocenters. The van der Waals surface area contributed by atoms with Crippen LogP contribution in [-0.2, 0) is 16.2 Å². The molecule has 0 aliphatic carbocycles. The molecule has 5 heteroatoms. The Bertz CT molecular complexity index is 1240. The Hall–Kier alpha value is -3.05. The van der Waals surface area contributed by atoms with Crippen LogP contribution < -0.4 is 0 Å². The summed E-state index contributed by atoms with van der Waals surface area (Å²) in [7, 11) is 0. The van der Waals surface area contributed by atoms with Crippen molar-refractivity contribution >= 4 is 5.97 Å². The van der Waals surface area contributed by atoms with Crippen LogP contribution in [0.1, 0.15) is 133 Å². The predicted molar refractivity (Wildman–Crippen MR) is 178 cm³/mol. The second-order valence-corrected chi connectivity index (χ2v) is 11.9. The number of rotatable bonds is 22. The molecular weight excluding hydrogens is 554 g/mol. The van der Waals surface area contributed by atoms with Crippen molar-refractivity contribution in [2.75, 3.05) is 6.61 Å². The first-order chi connectivity index (χ1) is 21.6. The molecule has 44 heavy (non-hydrogen) atoms. The first-order valence-corrected chi connectivity index (χ1v) is 17.1. The monoisotopic (exact) mass is 606 g/mol. The molecule has 0 spiro atoms. The number of carbonyl (C=O) groups excluding carboxylic acids is 1. The molecule has 0 aliphatic heterocycles. The minimum Gasteiger partial charge on any atom is -0.293 e. The number of halogens is 2. The molecule has 0 fully saturated rings. The summed E-state index contributed by atoms with van der Waals surface area (Å²) in [5, 5.41) is 0. The van der Waals surface area contributed by atoms with Gasteiger partial charge in [-0.05, 0) is 48.1 Å². The van der Waals surface area contributed by atoms with Crippen LogP contribution in [0.15, 0.2) is 60.7 Å². The molecule has 0 saturated heterocycles. The summed E-state index contributed by atoms with van der Waals surface area (Å²) >= 11 is 0. The third-order valence-corrected chi connectivity index (χ3v) is 8.28. The summed E-state index contributed by atoms with van der Waals surface area (Å²) in [6, 6.07) is 17.3. The fraction of sp³-hybridized carbons (Fsp3) is 0.513. The van der Waals surface area contributed by atoms with E-state index >= 15 is 8.78 Å². The molecule has 3 rings (SSSR count). The van der Waals surface area contributed by atoms with Crippen molar-refractivity contribution in [2.24, 2.45) is 0 Å². The van der Waals surface area contributed by atoms with Gasteiger partial charge < -0.3 is 0 Å². The zero-order valence-corrected chi connectivity index (χ0v) is 27.0. The van der Waals surface area contributed by atoms with E-state index in [0.29, 0.717) is 5.56 Å². The van der Waals surface area contributed by atoms with E-state index in [2.05, 4.69) is 13.8 Å². The molecule has 3 nitrogen and oxygen atoms in total. The minimum absolute atomic E-state index is 0.0459. The lowest BCUT2D eigenvalue weighted by molar-refractivity contribution is -0.241. The van der Waals surface area contributed by atoms with Crippen molar-refractivity contribution < 1.29 is 23.4 Å². The van der Waals surface area contributed by atoms with E-state index in [1.54, 1.807) is 12.1 Å². The number of unbranched alkanes of at least 4 members (excludes halogenated alkanes) is 14. The van der Waals surface area contributed by atoms with Crippen molar-refractivity contribution in [2.45, 2.75) is 123 Å². The Labute approximate surface area is 264 Å². The van der Waals surface area contributed by atoms with Crippen LogP contribution in [0, 0.1) is 11.6 Å². The summed E-state index contributed by atoms with van der Waals surface area (Å²) in [6.45, 7) is 4.66. The molecular formula is C39H52F2O3. The van der Waals surface area contributed by atoms with E-state index in [9.17, 15) is 4.79 Å². The minimum atomic E-state index is -0.924. The molecule has 0 N–H and O–H groups in total. The number of benzene rings is 3. The second kappa shape index (κ2) is 20.8. The molecule has 0 saturated carbocycles. The first kappa shape index (κ1) is 35.4. The molecule has 0 aliphatic rings. The predicted octanol–water partition coefficient (Wildman–Crippen LogP) is 12.2. The standard InChI is InChI=1S/C39H52F2O3/c1-3-5-7-9-11-12-13-14-15-18-22-31-25-26-34(36(40)30-31)37-33(32-23-19-17-20-24-32)27-28-35(38(37)41)39(42)44-43-29-21-16-10-8-6-4-2/h17,19-20,23-28,30H,3-16,18,21-22,29H2,1-2H3. The van der Waals surface area contributed by atoms with Crippen molar-refractivity contribution in [3.05, 3.63) is 83.4 Å². The lowest BCUT2D eigenvalue weighted by Crippen LogP contribution is -2.10. The number of hydrogen-bond acceptors (Lipinski definition) is 3. The van der Waals surface area contributed by atoms with E-state index in [4.69, 9.17) is 9.78 Å². The van der Waals surface area contributed by atoms with Crippen LogP contribution in [0.3, 0.4) is 0 Å². The van der Waals surface area contributed by atoms with E-state index in [1.807, 2.05) is 36.4 Å². The molecule has 0 bridgehead atoms. The van der Waals surface area contributed by atoms with Crippen molar-refractivity contribution in [1.82, 2.24) is 0 Å². The summed E-state index contributed by atoms with van der Waals surface area (Å²) in [5.74, 6) is -2.25. The summed E-state index contributed by atoms with van der Waals surface area (Å²) in [4.78, 5) is 22.9. The average Bonchev–Trinajstić information content (AvgIpc) is 3.03. The van der Waals surface area contributed by atoms with E-state index in [0.717, 1.165) is 49.7 Å². The first-order valence-electron chi connectivity index (χ1n) is 17.1. The van der Waals surface area contributed by atoms with Crippen LogP contribution in [0.25, 0.3) is 22.3 Å². The summed E-state index contributed by atoms with van der Waals surface area (Å²) in [6.07, 6.45) is 19.7. The van der Waals surface area contributed by atoms with Gasteiger partial charge in [-0.2, -0.15) is 4.89 Å². The van der Waals surface area contributed by atoms with Gasteiger partial charge in [-0.1, -0.05) is 152 Å². The topological polar surface area (TPSA) is 35.5 Å². The van der Waals surface area contributed by atoms with Gasteiger partial charge >= 0.3 is 5.97 Å². The SMILES string of the molecule is CCCCCCCCCCCCc1ccc(-c2c(-c3ccccc3)ccc(C(=O)OOCCCCCCCC)c2F)c(F)c1. The van der Waals surface area contributed by atoms with Gasteiger partial charge in [-0.3, -0.25) is 4.89 Å². The molecule has 3 aromatic rings. The highest BCUT2D eigenvalue weighted by molar-refractivity contribution is 5.95. The van der Waals surface area contributed by atoms with Gasteiger partial charge in [0.25, 0.3) is 0 Å². The third kappa shape index (κ3) is 11.8. The molecule has 0 heterocycles. The van der Waals surface area contributed by atoms with Gasteiger partial charge in [0.05, 0.1) is 12.2 Å². The normalized spacial score (nSPS) is 11.2. The maximum atomic E-state index is 16.1. The average molecular weight is 607 g/mol. The third-order valence-electron chi connectivity index (χ3n) is 8.28. The Morgan fingerprint density at radius 1 is 0.636 bits per heavy atom. The van der Waals surface area contributed by atoms with Gasteiger partial charge in [0.15, 0.2) is 0 Å². The Morgan fingerprint density at radius 3 is 1.82 bits per heavy atom. The molecule has 240 valence electrons. The molecule has 3 aromatic carbocycles. The van der Waals surface area contributed by atoms with Crippen molar-refractivity contribution in [3.8, 4) is 22.3 Å². The second-order valence-electron chi connectivity index (χ2n) is 11.9. The van der Waals surface area contributed by atoms with E-state index in [-0.39, 0.29) is 23.3 Å². The Morgan fingerprint density at radius 2 is 1.20 bits per heavy atom. The number of hydrogen-bond donors (Lipinski definition) is 0. The maximum Gasteiger partial charge on any atom is 0.376 e. The highest BCUT2D eigenvalue weighted by Crippen LogP contribution is 2.38. The lowest BCUT2D eigenvalue weighted by atomic mass is 9.91. The molecule has 0 amide bonds. The van der Waals surface area contributed by atoms with Crippen molar-refractivity contribution in [3.63, 3.8) is 0 Å².